The summed E-state index contributed by atoms with van der Waals surface area (Å²) in [7, 11) is 0. The smallest absolute Gasteiger partial charge is 0.119 e. The van der Waals surface area contributed by atoms with Gasteiger partial charge in [0.1, 0.15) is 11.5 Å². The zero-order valence-corrected chi connectivity index (χ0v) is 32.1. The van der Waals surface area contributed by atoms with Crippen molar-refractivity contribution in [3.8, 4) is 22.6 Å². The van der Waals surface area contributed by atoms with E-state index < -0.39 is 0 Å². The van der Waals surface area contributed by atoms with E-state index in [0.29, 0.717) is 0 Å². The third-order valence-corrected chi connectivity index (χ3v) is 13.7. The molecular weight excluding hydrogens is 613 g/mol. The molecule has 6 aliphatic rings. The number of nitrogens with zero attached hydrogens (tertiary/aromatic N) is 2. The van der Waals surface area contributed by atoms with Gasteiger partial charge in [-0.3, -0.25) is 0 Å². The molecule has 6 saturated heterocycles. The monoisotopic (exact) mass is 687 g/mol. The maximum atomic E-state index is 6.06. The van der Waals surface area contributed by atoms with Crippen LogP contribution in [-0.4, -0.2) is 74.5 Å². The molecule has 8 rings (SSSR count). The van der Waals surface area contributed by atoms with E-state index in [1.807, 2.05) is 0 Å². The Morgan fingerprint density at radius 2 is 0.640 bits per heavy atom. The third kappa shape index (κ3) is 12.0. The number of rotatable bonds is 25. The van der Waals surface area contributed by atoms with Gasteiger partial charge in [-0.25, -0.2) is 0 Å². The highest BCUT2D eigenvalue weighted by molar-refractivity contribution is 5.64. The lowest BCUT2D eigenvalue weighted by atomic mass is 9.85. The van der Waals surface area contributed by atoms with Gasteiger partial charge in [-0.2, -0.15) is 0 Å². The first-order chi connectivity index (χ1) is 24.7. The molecule has 4 bridgehead atoms. The van der Waals surface area contributed by atoms with E-state index in [0.717, 1.165) is 49.4 Å². The molecule has 6 aliphatic heterocycles. The number of piperidine rings is 6. The van der Waals surface area contributed by atoms with E-state index >= 15 is 0 Å². The molecule has 0 N–H and O–H groups in total. The van der Waals surface area contributed by atoms with Gasteiger partial charge < -0.3 is 18.4 Å². The molecule has 0 aliphatic carbocycles. The van der Waals surface area contributed by atoms with E-state index in [1.165, 1.54) is 201 Å². The number of unbranched alkanes of at least 4 members (excludes halogenated alkanes) is 14. The van der Waals surface area contributed by atoms with Crippen LogP contribution in [-0.2, 0) is 0 Å². The van der Waals surface area contributed by atoms with Crippen LogP contribution in [0.2, 0.25) is 0 Å². The molecule has 6 heterocycles. The van der Waals surface area contributed by atoms with Crippen LogP contribution in [0.5, 0.6) is 11.5 Å². The Bertz CT molecular complexity index is 1070. The van der Waals surface area contributed by atoms with Gasteiger partial charge in [-0.1, -0.05) is 88.5 Å². The summed E-state index contributed by atoms with van der Waals surface area (Å²) in [6.45, 7) is 13.5. The molecule has 0 unspecified atom stereocenters. The predicted octanol–water partition coefficient (Wildman–Crippen LogP) is 11.6. The van der Waals surface area contributed by atoms with Crippen molar-refractivity contribution in [3.05, 3.63) is 48.5 Å². The average molecular weight is 687 g/mol. The van der Waals surface area contributed by atoms with Crippen LogP contribution >= 0.6 is 0 Å². The van der Waals surface area contributed by atoms with Crippen molar-refractivity contribution in [2.75, 3.05) is 65.6 Å². The van der Waals surface area contributed by atoms with Gasteiger partial charge in [-0.15, -0.1) is 0 Å². The highest BCUT2D eigenvalue weighted by atomic mass is 16.5. The summed E-state index contributed by atoms with van der Waals surface area (Å²) >= 11 is 0. The Kier molecular flexibility index (Phi) is 15.3. The number of benzene rings is 2. The molecule has 0 aromatic heterocycles. The number of hydrogen-bond donors (Lipinski definition) is 0. The SMILES string of the molecule is c1cc(-c2ccc(OCCCCCCCCCC[N+]34CCC(CC3)CC4)cc2)ccc1OCCCCCCCCCC[N+]12CCC(CC1)CC2. The minimum Gasteiger partial charge on any atom is -0.494 e. The molecule has 4 nitrogen and oxygen atoms in total. The van der Waals surface area contributed by atoms with Crippen LogP contribution in [0.25, 0.3) is 11.1 Å². The van der Waals surface area contributed by atoms with Gasteiger partial charge in [0.15, 0.2) is 0 Å². The highest BCUT2D eigenvalue weighted by Crippen LogP contribution is 2.35. The van der Waals surface area contributed by atoms with Crippen LogP contribution in [0, 0.1) is 11.8 Å². The molecule has 2 aromatic rings. The topological polar surface area (TPSA) is 18.5 Å². The summed E-state index contributed by atoms with van der Waals surface area (Å²) in [5.74, 6) is 4.13. The largest absolute Gasteiger partial charge is 0.494 e. The summed E-state index contributed by atoms with van der Waals surface area (Å²) in [4.78, 5) is 0. The molecule has 0 radical (unpaired) electrons. The summed E-state index contributed by atoms with van der Waals surface area (Å²) in [6.07, 6.45) is 30.9. The molecule has 0 atom stereocenters. The van der Waals surface area contributed by atoms with Gasteiger partial charge >= 0.3 is 0 Å². The van der Waals surface area contributed by atoms with Gasteiger partial charge in [0.25, 0.3) is 0 Å². The first kappa shape index (κ1) is 37.7. The molecule has 0 amide bonds. The molecular formula is C46H74N2O2+2. The molecule has 2 aromatic carbocycles. The van der Waals surface area contributed by atoms with Gasteiger partial charge in [0.2, 0.25) is 0 Å². The quantitative estimate of drug-likeness (QED) is 0.0764. The van der Waals surface area contributed by atoms with E-state index in [4.69, 9.17) is 9.47 Å². The van der Waals surface area contributed by atoms with Crippen LogP contribution in [0.4, 0.5) is 0 Å². The Hall–Kier alpha value is -2.04. The van der Waals surface area contributed by atoms with E-state index in [1.54, 1.807) is 0 Å². The maximum absolute atomic E-state index is 6.06. The molecule has 278 valence electrons. The molecule has 4 heteroatoms. The van der Waals surface area contributed by atoms with E-state index in [-0.39, 0.29) is 0 Å². The van der Waals surface area contributed by atoms with Gasteiger partial charge in [-0.05, 0) is 124 Å². The van der Waals surface area contributed by atoms with Crippen molar-refractivity contribution < 1.29 is 18.4 Å². The fraction of sp³-hybridized carbons (Fsp3) is 0.739. The second-order valence-electron chi connectivity index (χ2n) is 17.3. The zero-order valence-electron chi connectivity index (χ0n) is 32.1. The predicted molar refractivity (Wildman–Crippen MR) is 211 cm³/mol. The van der Waals surface area contributed by atoms with E-state index in [2.05, 4.69) is 48.5 Å². The Morgan fingerprint density at radius 1 is 0.360 bits per heavy atom. The lowest BCUT2D eigenvalue weighted by Crippen LogP contribution is -2.58. The number of quaternary nitrogens is 2. The maximum Gasteiger partial charge on any atom is 0.119 e. The fourth-order valence-corrected chi connectivity index (χ4v) is 10.0. The normalized spacial score (nSPS) is 25.6. The lowest BCUT2D eigenvalue weighted by molar-refractivity contribution is -0.942. The summed E-state index contributed by atoms with van der Waals surface area (Å²) in [6, 6.07) is 17.2. The lowest BCUT2D eigenvalue weighted by Gasteiger charge is -2.49. The Morgan fingerprint density at radius 3 is 0.960 bits per heavy atom. The Labute approximate surface area is 307 Å². The standard InChI is InChI=1S/C46H74N2O2/c1(5-9-13-31-47-33-25-41(26-34-47)27-35-47)3-7-11-15-39-49-45-21-17-43(18-22-45)44-19-23-46(24-20-44)50-40-16-12-8-4-2-6-10-14-32-48-36-28-42(29-37-48)30-38-48/h17-24,41-42H,1-16,25-40H2/q+2. The zero-order chi connectivity index (χ0) is 34.2. The number of hydrogen-bond acceptors (Lipinski definition) is 2. The van der Waals surface area contributed by atoms with Gasteiger partial charge in [0, 0.05) is 0 Å². The van der Waals surface area contributed by atoms with E-state index in [9.17, 15) is 0 Å². The van der Waals surface area contributed by atoms with Gasteiger partial charge in [0.05, 0.1) is 65.6 Å². The molecule has 0 saturated carbocycles. The fourth-order valence-electron chi connectivity index (χ4n) is 10.0. The highest BCUT2D eigenvalue weighted by Gasteiger charge is 2.39. The van der Waals surface area contributed by atoms with Crippen molar-refractivity contribution in [2.45, 2.75) is 141 Å². The van der Waals surface area contributed by atoms with Crippen LogP contribution in [0.15, 0.2) is 48.5 Å². The summed E-state index contributed by atoms with van der Waals surface area (Å²) in [5, 5.41) is 0. The average Bonchev–Trinajstić information content (AvgIpc) is 3.18. The van der Waals surface area contributed by atoms with Crippen molar-refractivity contribution in [3.63, 3.8) is 0 Å². The first-order valence-electron chi connectivity index (χ1n) is 21.9. The van der Waals surface area contributed by atoms with Crippen molar-refractivity contribution in [2.24, 2.45) is 11.8 Å². The second-order valence-corrected chi connectivity index (χ2v) is 17.3. The summed E-state index contributed by atoms with van der Waals surface area (Å²) in [5.41, 5.74) is 2.46. The minimum absolute atomic E-state index is 0.826. The third-order valence-electron chi connectivity index (χ3n) is 13.7. The van der Waals surface area contributed by atoms with Crippen LogP contribution in [0.1, 0.15) is 141 Å². The first-order valence-corrected chi connectivity index (χ1v) is 21.9. The second kappa shape index (κ2) is 20.3. The summed E-state index contributed by atoms with van der Waals surface area (Å²) < 4.78 is 15.1. The van der Waals surface area contributed by atoms with Crippen LogP contribution < -0.4 is 9.47 Å². The molecule has 6 fully saturated rings. The number of fused-ring (bicyclic) bond motifs is 6. The van der Waals surface area contributed by atoms with Crippen molar-refractivity contribution >= 4 is 0 Å². The molecule has 0 spiro atoms. The Balaban J connectivity index is 0.720. The molecule has 50 heavy (non-hydrogen) atoms. The van der Waals surface area contributed by atoms with Crippen molar-refractivity contribution in [1.29, 1.82) is 0 Å². The minimum atomic E-state index is 0.826. The number of ether oxygens (including phenoxy) is 2. The van der Waals surface area contributed by atoms with Crippen molar-refractivity contribution in [1.82, 2.24) is 0 Å². The van der Waals surface area contributed by atoms with Crippen LogP contribution in [0.3, 0.4) is 0 Å².